The van der Waals surface area contributed by atoms with Crippen molar-refractivity contribution in [1.82, 2.24) is 20.3 Å². The number of thiazole rings is 1. The number of carbonyl (C=O) groups excluding carboxylic acids is 1. The van der Waals surface area contributed by atoms with Crippen LogP contribution in [-0.2, 0) is 17.8 Å². The minimum Gasteiger partial charge on any atom is -0.349 e. The van der Waals surface area contributed by atoms with E-state index in [-0.39, 0.29) is 5.91 Å². The normalized spacial score (nSPS) is 10.8. The summed E-state index contributed by atoms with van der Waals surface area (Å²) in [6.45, 7) is 2.33. The number of aromatic amines is 1. The Morgan fingerprint density at radius 1 is 1.35 bits per heavy atom. The Balaban J connectivity index is 1.59. The number of para-hydroxylation sites is 2. The second kappa shape index (κ2) is 5.42. The summed E-state index contributed by atoms with van der Waals surface area (Å²) in [4.78, 5) is 23.7. The number of nitrogens with zero attached hydrogens (tertiary/aromatic N) is 2. The van der Waals surface area contributed by atoms with Gasteiger partial charge in [0.2, 0.25) is 5.91 Å². The molecular formula is C14H14N4OS. The highest BCUT2D eigenvalue weighted by Gasteiger charge is 2.07. The first-order valence-corrected chi connectivity index (χ1v) is 7.20. The van der Waals surface area contributed by atoms with E-state index in [1.165, 1.54) is 0 Å². The third-order valence-corrected chi connectivity index (χ3v) is 3.72. The van der Waals surface area contributed by atoms with Gasteiger partial charge < -0.3 is 10.3 Å². The molecule has 0 radical (unpaired) electrons. The predicted molar refractivity (Wildman–Crippen MR) is 78.5 cm³/mol. The lowest BCUT2D eigenvalue weighted by molar-refractivity contribution is -0.120. The number of benzene rings is 1. The minimum absolute atomic E-state index is 0.0456. The van der Waals surface area contributed by atoms with Gasteiger partial charge in [0.15, 0.2) is 0 Å². The third-order valence-electron chi connectivity index (χ3n) is 2.90. The molecule has 0 unspecified atom stereocenters. The number of hydrogen-bond acceptors (Lipinski definition) is 4. The maximum absolute atomic E-state index is 11.8. The highest BCUT2D eigenvalue weighted by molar-refractivity contribution is 7.09. The first kappa shape index (κ1) is 12.8. The van der Waals surface area contributed by atoms with Crippen LogP contribution in [0, 0.1) is 6.92 Å². The molecule has 0 aliphatic rings. The van der Waals surface area contributed by atoms with Gasteiger partial charge in [-0.3, -0.25) is 4.79 Å². The van der Waals surface area contributed by atoms with Crippen molar-refractivity contribution in [2.24, 2.45) is 0 Å². The second-order valence-electron chi connectivity index (χ2n) is 4.51. The Bertz CT molecular complexity index is 713. The Hall–Kier alpha value is -2.21. The molecule has 102 valence electrons. The van der Waals surface area contributed by atoms with Crippen LogP contribution in [-0.4, -0.2) is 20.9 Å². The molecule has 20 heavy (non-hydrogen) atoms. The number of carbonyl (C=O) groups is 1. The number of rotatable bonds is 4. The van der Waals surface area contributed by atoms with Gasteiger partial charge in [-0.1, -0.05) is 12.1 Å². The van der Waals surface area contributed by atoms with Gasteiger partial charge in [0.05, 0.1) is 34.7 Å². The SMILES string of the molecule is Cc1nc(CC(=O)NCc2nc3ccccc3[nH]2)cs1. The summed E-state index contributed by atoms with van der Waals surface area (Å²) in [5.41, 5.74) is 2.70. The van der Waals surface area contributed by atoms with Crippen molar-refractivity contribution < 1.29 is 4.79 Å². The quantitative estimate of drug-likeness (QED) is 0.772. The van der Waals surface area contributed by atoms with E-state index in [1.54, 1.807) is 11.3 Å². The van der Waals surface area contributed by atoms with Crippen molar-refractivity contribution in [1.29, 1.82) is 0 Å². The summed E-state index contributed by atoms with van der Waals surface area (Å²) in [7, 11) is 0. The highest BCUT2D eigenvalue weighted by atomic mass is 32.1. The monoisotopic (exact) mass is 286 g/mol. The van der Waals surface area contributed by atoms with Crippen molar-refractivity contribution >= 4 is 28.3 Å². The van der Waals surface area contributed by atoms with Gasteiger partial charge in [-0.15, -0.1) is 11.3 Å². The maximum atomic E-state index is 11.8. The standard InChI is InChI=1S/C14H14N4OS/c1-9-16-10(8-20-9)6-14(19)15-7-13-17-11-4-2-3-5-12(11)18-13/h2-5,8H,6-7H2,1H3,(H,15,19)(H,17,18). The van der Waals surface area contributed by atoms with Crippen molar-refractivity contribution in [3.8, 4) is 0 Å². The molecule has 2 aromatic heterocycles. The van der Waals surface area contributed by atoms with Crippen LogP contribution in [0.25, 0.3) is 11.0 Å². The topological polar surface area (TPSA) is 70.7 Å². The Labute approximate surface area is 120 Å². The molecule has 0 atom stereocenters. The van der Waals surface area contributed by atoms with E-state index in [0.29, 0.717) is 13.0 Å². The minimum atomic E-state index is -0.0456. The Kier molecular flexibility index (Phi) is 3.47. The number of aromatic nitrogens is 3. The number of H-pyrrole nitrogens is 1. The van der Waals surface area contributed by atoms with Crippen LogP contribution in [0.15, 0.2) is 29.6 Å². The van der Waals surface area contributed by atoms with E-state index in [0.717, 1.165) is 27.6 Å². The summed E-state index contributed by atoms with van der Waals surface area (Å²) in [6, 6.07) is 7.80. The largest absolute Gasteiger partial charge is 0.349 e. The second-order valence-corrected chi connectivity index (χ2v) is 5.57. The van der Waals surface area contributed by atoms with Crippen LogP contribution in [0.2, 0.25) is 0 Å². The van der Waals surface area contributed by atoms with Gasteiger partial charge in [0.1, 0.15) is 5.82 Å². The van der Waals surface area contributed by atoms with Gasteiger partial charge in [-0.25, -0.2) is 9.97 Å². The van der Waals surface area contributed by atoms with Crippen LogP contribution in [0.1, 0.15) is 16.5 Å². The summed E-state index contributed by atoms with van der Waals surface area (Å²) in [6.07, 6.45) is 0.310. The number of hydrogen-bond donors (Lipinski definition) is 2. The number of imidazole rings is 1. The molecule has 0 fully saturated rings. The molecule has 1 aromatic carbocycles. The molecular weight excluding hydrogens is 272 g/mol. The number of nitrogens with one attached hydrogen (secondary N) is 2. The molecule has 0 bridgehead atoms. The zero-order valence-electron chi connectivity index (χ0n) is 11.0. The fourth-order valence-electron chi connectivity index (χ4n) is 1.99. The zero-order valence-corrected chi connectivity index (χ0v) is 11.8. The van der Waals surface area contributed by atoms with Crippen LogP contribution in [0.3, 0.4) is 0 Å². The van der Waals surface area contributed by atoms with Crippen molar-refractivity contribution in [2.75, 3.05) is 0 Å². The van der Waals surface area contributed by atoms with Crippen LogP contribution in [0.4, 0.5) is 0 Å². The van der Waals surface area contributed by atoms with Crippen LogP contribution in [0.5, 0.6) is 0 Å². The first-order valence-electron chi connectivity index (χ1n) is 6.32. The maximum Gasteiger partial charge on any atom is 0.226 e. The fraction of sp³-hybridized carbons (Fsp3) is 0.214. The third kappa shape index (κ3) is 2.85. The van der Waals surface area contributed by atoms with Gasteiger partial charge >= 0.3 is 0 Å². The van der Waals surface area contributed by atoms with Gasteiger partial charge in [-0.2, -0.15) is 0 Å². The van der Waals surface area contributed by atoms with E-state index < -0.39 is 0 Å². The Morgan fingerprint density at radius 3 is 2.95 bits per heavy atom. The number of amides is 1. The molecule has 0 aliphatic heterocycles. The molecule has 0 saturated carbocycles. The molecule has 2 N–H and O–H groups in total. The first-order chi connectivity index (χ1) is 9.70. The van der Waals surface area contributed by atoms with Crippen molar-refractivity contribution in [2.45, 2.75) is 19.9 Å². The van der Waals surface area contributed by atoms with E-state index in [1.807, 2.05) is 36.6 Å². The molecule has 5 nitrogen and oxygen atoms in total. The average Bonchev–Trinajstić information content (AvgIpc) is 3.02. The summed E-state index contributed by atoms with van der Waals surface area (Å²) >= 11 is 1.55. The number of aryl methyl sites for hydroxylation is 1. The number of fused-ring (bicyclic) bond motifs is 1. The van der Waals surface area contributed by atoms with Crippen LogP contribution < -0.4 is 5.32 Å². The van der Waals surface area contributed by atoms with Gasteiger partial charge in [0.25, 0.3) is 0 Å². The van der Waals surface area contributed by atoms with E-state index in [9.17, 15) is 4.79 Å². The van der Waals surface area contributed by atoms with Gasteiger partial charge in [0, 0.05) is 5.38 Å². The van der Waals surface area contributed by atoms with Crippen molar-refractivity contribution in [3.05, 3.63) is 46.2 Å². The lowest BCUT2D eigenvalue weighted by Crippen LogP contribution is -2.25. The lowest BCUT2D eigenvalue weighted by atomic mass is 10.3. The molecule has 3 rings (SSSR count). The molecule has 3 aromatic rings. The van der Waals surface area contributed by atoms with E-state index in [2.05, 4.69) is 20.3 Å². The molecule has 1 amide bonds. The smallest absolute Gasteiger partial charge is 0.226 e. The Morgan fingerprint density at radius 2 is 2.20 bits per heavy atom. The average molecular weight is 286 g/mol. The van der Waals surface area contributed by atoms with E-state index >= 15 is 0 Å². The van der Waals surface area contributed by atoms with Crippen molar-refractivity contribution in [3.63, 3.8) is 0 Å². The van der Waals surface area contributed by atoms with Crippen LogP contribution >= 0.6 is 11.3 Å². The fourth-order valence-corrected chi connectivity index (χ4v) is 2.60. The van der Waals surface area contributed by atoms with E-state index in [4.69, 9.17) is 0 Å². The molecule has 0 saturated heterocycles. The summed E-state index contributed by atoms with van der Waals surface area (Å²) in [5.74, 6) is 0.713. The lowest BCUT2D eigenvalue weighted by Gasteiger charge is -2.01. The summed E-state index contributed by atoms with van der Waals surface area (Å²) < 4.78 is 0. The zero-order chi connectivity index (χ0) is 13.9. The summed E-state index contributed by atoms with van der Waals surface area (Å²) in [5, 5.41) is 5.74. The highest BCUT2D eigenvalue weighted by Crippen LogP contribution is 2.10. The predicted octanol–water partition coefficient (Wildman–Crippen LogP) is 2.19. The molecule has 0 spiro atoms. The molecule has 6 heteroatoms. The molecule has 2 heterocycles. The molecule has 0 aliphatic carbocycles. The van der Waals surface area contributed by atoms with Gasteiger partial charge in [-0.05, 0) is 19.1 Å².